The maximum atomic E-state index is 4.70. The summed E-state index contributed by atoms with van der Waals surface area (Å²) in [5, 5.41) is 3.72. The normalized spacial score (nSPS) is 20.2. The highest BCUT2D eigenvalue weighted by Gasteiger charge is 2.23. The fraction of sp³-hybridized carbons (Fsp3) is 0.480. The Morgan fingerprint density at radius 2 is 2.03 bits per heavy atom. The summed E-state index contributed by atoms with van der Waals surface area (Å²) >= 11 is 1.90. The second-order valence-corrected chi connectivity index (χ2v) is 9.98. The van der Waals surface area contributed by atoms with Crippen molar-refractivity contribution in [3.05, 3.63) is 70.7 Å². The molecule has 31 heavy (non-hydrogen) atoms. The van der Waals surface area contributed by atoms with Crippen molar-refractivity contribution >= 4 is 17.8 Å². The molecule has 5 nitrogen and oxygen atoms in total. The molecule has 0 radical (unpaired) electrons. The first-order valence-corrected chi connectivity index (χ1v) is 12.4. The van der Waals surface area contributed by atoms with Gasteiger partial charge in [0.2, 0.25) is 0 Å². The number of fused-ring (bicyclic) bond motifs is 1. The van der Waals surface area contributed by atoms with Crippen LogP contribution in [0.25, 0.3) is 0 Å². The van der Waals surface area contributed by atoms with Crippen LogP contribution in [0.2, 0.25) is 0 Å². The third-order valence-electron chi connectivity index (χ3n) is 6.33. The summed E-state index contributed by atoms with van der Waals surface area (Å²) in [6.07, 6.45) is 14.8. The molecule has 2 fully saturated rings. The molecule has 1 saturated heterocycles. The number of nitrogens with zero attached hydrogens (tertiary/aromatic N) is 4. The highest BCUT2D eigenvalue weighted by atomic mass is 32.2. The van der Waals surface area contributed by atoms with Gasteiger partial charge in [-0.25, -0.2) is 9.29 Å². The summed E-state index contributed by atoms with van der Waals surface area (Å²) in [7, 11) is 0. The van der Waals surface area contributed by atoms with Crippen LogP contribution in [-0.2, 0) is 19.5 Å². The van der Waals surface area contributed by atoms with Crippen molar-refractivity contribution < 1.29 is 0 Å². The Kier molecular flexibility index (Phi) is 6.37. The van der Waals surface area contributed by atoms with Crippen molar-refractivity contribution in [3.8, 4) is 0 Å². The third-order valence-corrected chi connectivity index (χ3v) is 7.54. The van der Waals surface area contributed by atoms with Crippen LogP contribution in [0.3, 0.4) is 0 Å². The quantitative estimate of drug-likeness (QED) is 0.479. The molecule has 164 valence electrons. The minimum Gasteiger partial charge on any atom is -0.385 e. The molecule has 5 rings (SSSR count). The molecule has 0 atom stereocenters. The fourth-order valence-electron chi connectivity index (χ4n) is 4.43. The molecular weight excluding hydrogens is 402 g/mol. The maximum Gasteiger partial charge on any atom is 0.132 e. The number of aromatic nitrogens is 2. The first-order valence-electron chi connectivity index (χ1n) is 11.7. The molecule has 2 aromatic rings. The molecule has 1 saturated carbocycles. The Morgan fingerprint density at radius 1 is 1.16 bits per heavy atom. The summed E-state index contributed by atoms with van der Waals surface area (Å²) in [5.74, 6) is 1.17. The minimum absolute atomic E-state index is 0.669. The topological polar surface area (TPSA) is 36.3 Å². The van der Waals surface area contributed by atoms with E-state index in [9.17, 15) is 0 Å². The van der Waals surface area contributed by atoms with E-state index in [0.717, 1.165) is 39.1 Å². The number of nitrogens with one attached hydrogen (secondary N) is 1. The van der Waals surface area contributed by atoms with Crippen molar-refractivity contribution in [2.75, 3.05) is 24.5 Å². The summed E-state index contributed by atoms with van der Waals surface area (Å²) in [4.78, 5) is 8.48. The second kappa shape index (κ2) is 9.53. The lowest BCUT2D eigenvalue weighted by atomic mass is 10.1. The lowest BCUT2D eigenvalue weighted by molar-refractivity contribution is 0.377. The van der Waals surface area contributed by atoms with Gasteiger partial charge in [-0.2, -0.15) is 0 Å². The van der Waals surface area contributed by atoms with E-state index < -0.39 is 0 Å². The number of hydrogen-bond donors (Lipinski definition) is 1. The lowest BCUT2D eigenvalue weighted by Gasteiger charge is -2.28. The van der Waals surface area contributed by atoms with E-state index in [4.69, 9.17) is 4.98 Å². The van der Waals surface area contributed by atoms with Crippen molar-refractivity contribution in [1.29, 1.82) is 0 Å². The van der Waals surface area contributed by atoms with E-state index in [1.165, 1.54) is 53.4 Å². The molecule has 1 aliphatic carbocycles. The van der Waals surface area contributed by atoms with Crippen LogP contribution in [0.1, 0.15) is 43.9 Å². The van der Waals surface area contributed by atoms with Gasteiger partial charge in [0.1, 0.15) is 5.82 Å². The molecule has 2 aromatic heterocycles. The molecule has 0 aromatic carbocycles. The standard InChI is InChI=1S/C25H33N5S/c1-20(27-22-11-12-22)24(31-30-18-17-28-16-6-9-23(28)19-30)10-4-7-21-8-5-13-26-25(21)29-14-2-3-15-29/h4-6,8-10,13,16,22,27H,2-3,7,11-12,14-15,17-19H2,1H3/b10-4+,24-20+. The Balaban J connectivity index is 1.29. The van der Waals surface area contributed by atoms with Gasteiger partial charge in [0.25, 0.3) is 0 Å². The number of rotatable bonds is 8. The van der Waals surface area contributed by atoms with Crippen LogP contribution < -0.4 is 10.2 Å². The van der Waals surface area contributed by atoms with Gasteiger partial charge < -0.3 is 14.8 Å². The predicted molar refractivity (Wildman–Crippen MR) is 130 cm³/mol. The van der Waals surface area contributed by atoms with Gasteiger partial charge >= 0.3 is 0 Å². The third kappa shape index (κ3) is 5.18. The first-order chi connectivity index (χ1) is 15.3. The van der Waals surface area contributed by atoms with Crippen LogP contribution >= 0.6 is 11.9 Å². The predicted octanol–water partition coefficient (Wildman–Crippen LogP) is 4.73. The van der Waals surface area contributed by atoms with Crippen LogP contribution in [0.4, 0.5) is 5.82 Å². The van der Waals surface area contributed by atoms with E-state index in [1.54, 1.807) is 0 Å². The lowest BCUT2D eigenvalue weighted by Crippen LogP contribution is -2.28. The van der Waals surface area contributed by atoms with E-state index in [1.807, 2.05) is 18.1 Å². The van der Waals surface area contributed by atoms with Crippen LogP contribution in [0.15, 0.2) is 59.4 Å². The molecule has 3 aliphatic rings. The summed E-state index contributed by atoms with van der Waals surface area (Å²) in [6.45, 7) is 7.63. The summed E-state index contributed by atoms with van der Waals surface area (Å²) < 4.78 is 4.86. The van der Waals surface area contributed by atoms with Crippen molar-refractivity contribution in [2.24, 2.45) is 0 Å². The van der Waals surface area contributed by atoms with E-state index in [0.29, 0.717) is 6.04 Å². The van der Waals surface area contributed by atoms with Crippen molar-refractivity contribution in [2.45, 2.75) is 58.2 Å². The van der Waals surface area contributed by atoms with E-state index in [-0.39, 0.29) is 0 Å². The minimum atomic E-state index is 0.669. The summed E-state index contributed by atoms with van der Waals surface area (Å²) in [6, 6.07) is 9.37. The summed E-state index contributed by atoms with van der Waals surface area (Å²) in [5.41, 5.74) is 4.03. The largest absolute Gasteiger partial charge is 0.385 e. The van der Waals surface area contributed by atoms with E-state index >= 15 is 0 Å². The molecule has 1 N–H and O–H groups in total. The monoisotopic (exact) mass is 435 g/mol. The average molecular weight is 436 g/mol. The molecule has 0 spiro atoms. The Morgan fingerprint density at radius 3 is 2.87 bits per heavy atom. The molecule has 2 aliphatic heterocycles. The smallest absolute Gasteiger partial charge is 0.132 e. The zero-order valence-corrected chi connectivity index (χ0v) is 19.3. The molecular formula is C25H33N5S. The molecule has 4 heterocycles. The van der Waals surface area contributed by atoms with Crippen molar-refractivity contribution in [1.82, 2.24) is 19.2 Å². The van der Waals surface area contributed by atoms with Crippen LogP contribution in [0, 0.1) is 0 Å². The number of hydrogen-bond acceptors (Lipinski definition) is 5. The van der Waals surface area contributed by atoms with Crippen LogP contribution in [-0.4, -0.2) is 39.5 Å². The van der Waals surface area contributed by atoms with Gasteiger partial charge in [0, 0.05) is 67.5 Å². The first kappa shape index (κ1) is 20.7. The highest BCUT2D eigenvalue weighted by molar-refractivity contribution is 8.01. The SMILES string of the molecule is C/C(NC1CC1)=C(/C=C/Cc1cccnc1N1CCCC1)SN1CCn2cccc2C1. The van der Waals surface area contributed by atoms with Gasteiger partial charge in [0.15, 0.2) is 0 Å². The maximum absolute atomic E-state index is 4.70. The Hall–Kier alpha value is -2.18. The zero-order chi connectivity index (χ0) is 21.0. The van der Waals surface area contributed by atoms with Gasteiger partial charge in [0.05, 0.1) is 0 Å². The number of pyridine rings is 1. The second-order valence-electron chi connectivity index (χ2n) is 8.84. The molecule has 0 bridgehead atoms. The van der Waals surface area contributed by atoms with Gasteiger partial charge in [-0.1, -0.05) is 12.1 Å². The van der Waals surface area contributed by atoms with E-state index in [2.05, 4.69) is 68.6 Å². The zero-order valence-electron chi connectivity index (χ0n) is 18.5. The highest BCUT2D eigenvalue weighted by Crippen LogP contribution is 2.31. The van der Waals surface area contributed by atoms with Crippen molar-refractivity contribution in [3.63, 3.8) is 0 Å². The molecule has 0 unspecified atom stereocenters. The average Bonchev–Trinajstić information content (AvgIpc) is 3.25. The number of allylic oxidation sites excluding steroid dienone is 3. The van der Waals surface area contributed by atoms with Gasteiger partial charge in [-0.3, -0.25) is 0 Å². The Labute approximate surface area is 190 Å². The Bertz CT molecular complexity index is 952. The van der Waals surface area contributed by atoms with Gasteiger partial charge in [-0.15, -0.1) is 0 Å². The molecule has 6 heteroatoms. The molecule has 0 amide bonds. The number of anilines is 1. The van der Waals surface area contributed by atoms with Crippen LogP contribution in [0.5, 0.6) is 0 Å². The van der Waals surface area contributed by atoms with Gasteiger partial charge in [-0.05, 0) is 80.8 Å². The fourth-order valence-corrected chi connectivity index (χ4v) is 5.43.